The zero-order valence-corrected chi connectivity index (χ0v) is 9.95. The van der Waals surface area contributed by atoms with E-state index in [4.69, 9.17) is 0 Å². The number of hydrogen-bond donors (Lipinski definition) is 1. The minimum absolute atomic E-state index is 0.659. The zero-order valence-electron chi connectivity index (χ0n) is 9.95. The minimum Gasteiger partial charge on any atom is -0.317 e. The van der Waals surface area contributed by atoms with Gasteiger partial charge in [0.15, 0.2) is 0 Å². The summed E-state index contributed by atoms with van der Waals surface area (Å²) in [6, 6.07) is 0.742. The molecule has 2 aliphatic carbocycles. The maximum atomic E-state index is 4.37. The summed E-state index contributed by atoms with van der Waals surface area (Å²) in [6.45, 7) is 0.876. The van der Waals surface area contributed by atoms with Crippen LogP contribution in [0, 0.1) is 0 Å². The average molecular weight is 220 g/mol. The smallest absolute Gasteiger partial charge is 0.146 e. The van der Waals surface area contributed by atoms with Crippen LogP contribution in [0.15, 0.2) is 0 Å². The highest BCUT2D eigenvalue weighted by molar-refractivity contribution is 5.03. The van der Waals surface area contributed by atoms with Gasteiger partial charge in [-0.1, -0.05) is 12.8 Å². The SMILES string of the molecule is Cn1c(CNC2CC2)nnc1C1CCCC1. The molecule has 0 radical (unpaired) electrons. The van der Waals surface area contributed by atoms with E-state index in [1.165, 1.54) is 44.3 Å². The lowest BCUT2D eigenvalue weighted by Gasteiger charge is -2.09. The Hall–Kier alpha value is -0.900. The number of nitrogens with zero attached hydrogens (tertiary/aromatic N) is 3. The zero-order chi connectivity index (χ0) is 11.0. The predicted octanol–water partition coefficient (Wildman–Crippen LogP) is 1.72. The molecule has 0 aliphatic heterocycles. The summed E-state index contributed by atoms with van der Waals surface area (Å²) in [5, 5.41) is 12.2. The molecule has 1 aromatic rings. The monoisotopic (exact) mass is 220 g/mol. The fourth-order valence-electron chi connectivity index (χ4n) is 2.59. The average Bonchev–Trinajstić information content (AvgIpc) is 2.82. The molecule has 4 nitrogen and oxygen atoms in total. The molecule has 1 heterocycles. The molecule has 1 aromatic heterocycles. The minimum atomic E-state index is 0.659. The van der Waals surface area contributed by atoms with E-state index >= 15 is 0 Å². The van der Waals surface area contributed by atoms with Crippen molar-refractivity contribution in [1.29, 1.82) is 0 Å². The summed E-state index contributed by atoms with van der Waals surface area (Å²) in [5.74, 6) is 2.95. The molecule has 2 aliphatic rings. The molecule has 0 bridgehead atoms. The van der Waals surface area contributed by atoms with Gasteiger partial charge in [-0.25, -0.2) is 0 Å². The molecule has 4 heteroatoms. The molecule has 0 atom stereocenters. The fraction of sp³-hybridized carbons (Fsp3) is 0.833. The van der Waals surface area contributed by atoms with Crippen LogP contribution in [-0.2, 0) is 13.6 Å². The van der Waals surface area contributed by atoms with Gasteiger partial charge >= 0.3 is 0 Å². The van der Waals surface area contributed by atoms with Crippen molar-refractivity contribution < 1.29 is 0 Å². The lowest BCUT2D eigenvalue weighted by atomic mass is 10.1. The lowest BCUT2D eigenvalue weighted by Crippen LogP contribution is -2.18. The Bertz CT molecular complexity index is 361. The van der Waals surface area contributed by atoms with Gasteiger partial charge in [0.1, 0.15) is 11.6 Å². The van der Waals surface area contributed by atoms with Crippen molar-refractivity contribution in [3.8, 4) is 0 Å². The lowest BCUT2D eigenvalue weighted by molar-refractivity contribution is 0.598. The second-order valence-corrected chi connectivity index (χ2v) is 5.17. The fourth-order valence-corrected chi connectivity index (χ4v) is 2.59. The molecule has 1 N–H and O–H groups in total. The topological polar surface area (TPSA) is 42.7 Å². The standard InChI is InChI=1S/C12H20N4/c1-16-11(8-13-10-6-7-10)14-15-12(16)9-4-2-3-5-9/h9-10,13H,2-8H2,1H3. The third-order valence-electron chi connectivity index (χ3n) is 3.85. The second-order valence-electron chi connectivity index (χ2n) is 5.17. The van der Waals surface area contributed by atoms with Gasteiger partial charge in [-0.05, 0) is 25.7 Å². The summed E-state index contributed by atoms with van der Waals surface area (Å²) in [4.78, 5) is 0. The van der Waals surface area contributed by atoms with Gasteiger partial charge < -0.3 is 9.88 Å². The van der Waals surface area contributed by atoms with Crippen LogP contribution in [0.2, 0.25) is 0 Å². The molecule has 0 saturated heterocycles. The number of aromatic nitrogens is 3. The van der Waals surface area contributed by atoms with E-state index in [9.17, 15) is 0 Å². The van der Waals surface area contributed by atoms with E-state index in [1.807, 2.05) is 0 Å². The molecule has 2 fully saturated rings. The van der Waals surface area contributed by atoms with Crippen LogP contribution >= 0.6 is 0 Å². The highest BCUT2D eigenvalue weighted by Gasteiger charge is 2.24. The summed E-state index contributed by atoms with van der Waals surface area (Å²) in [6.07, 6.45) is 7.95. The molecule has 2 saturated carbocycles. The molecule has 88 valence electrons. The van der Waals surface area contributed by atoms with E-state index < -0.39 is 0 Å². The Morgan fingerprint density at radius 2 is 1.94 bits per heavy atom. The molecule has 0 amide bonds. The van der Waals surface area contributed by atoms with Crippen LogP contribution in [0.3, 0.4) is 0 Å². The molecule has 16 heavy (non-hydrogen) atoms. The first kappa shape index (κ1) is 10.3. The molecule has 0 spiro atoms. The van der Waals surface area contributed by atoms with Crippen LogP contribution in [0.1, 0.15) is 56.1 Å². The Kier molecular flexibility index (Phi) is 2.67. The van der Waals surface area contributed by atoms with Gasteiger partial charge in [0.05, 0.1) is 6.54 Å². The van der Waals surface area contributed by atoms with Crippen molar-refractivity contribution in [1.82, 2.24) is 20.1 Å². The van der Waals surface area contributed by atoms with Crippen molar-refractivity contribution in [2.45, 2.75) is 57.0 Å². The number of hydrogen-bond acceptors (Lipinski definition) is 3. The van der Waals surface area contributed by atoms with Gasteiger partial charge in [0.2, 0.25) is 0 Å². The Morgan fingerprint density at radius 3 is 2.62 bits per heavy atom. The van der Waals surface area contributed by atoms with E-state index in [-0.39, 0.29) is 0 Å². The first-order valence-corrected chi connectivity index (χ1v) is 6.46. The highest BCUT2D eigenvalue weighted by Crippen LogP contribution is 2.32. The molecular formula is C12H20N4. The van der Waals surface area contributed by atoms with Crippen molar-refractivity contribution in [2.24, 2.45) is 7.05 Å². The van der Waals surface area contributed by atoms with Crippen molar-refractivity contribution in [3.05, 3.63) is 11.6 Å². The summed E-state index contributed by atoms with van der Waals surface area (Å²) in [7, 11) is 2.11. The van der Waals surface area contributed by atoms with Crippen LogP contribution in [0.25, 0.3) is 0 Å². The van der Waals surface area contributed by atoms with Gasteiger partial charge in [0.25, 0.3) is 0 Å². The first-order valence-electron chi connectivity index (χ1n) is 6.46. The number of nitrogens with one attached hydrogen (secondary N) is 1. The van der Waals surface area contributed by atoms with Crippen LogP contribution < -0.4 is 5.32 Å². The molecular weight excluding hydrogens is 200 g/mol. The van der Waals surface area contributed by atoms with E-state index in [0.29, 0.717) is 5.92 Å². The van der Waals surface area contributed by atoms with Gasteiger partial charge in [-0.3, -0.25) is 0 Å². The van der Waals surface area contributed by atoms with Crippen molar-refractivity contribution in [3.63, 3.8) is 0 Å². The normalized spacial score (nSPS) is 21.8. The highest BCUT2D eigenvalue weighted by atomic mass is 15.3. The molecule has 0 unspecified atom stereocenters. The largest absolute Gasteiger partial charge is 0.317 e. The quantitative estimate of drug-likeness (QED) is 0.840. The Morgan fingerprint density at radius 1 is 1.19 bits per heavy atom. The maximum absolute atomic E-state index is 4.37. The Balaban J connectivity index is 1.68. The van der Waals surface area contributed by atoms with Crippen LogP contribution in [-0.4, -0.2) is 20.8 Å². The third-order valence-corrected chi connectivity index (χ3v) is 3.85. The van der Waals surface area contributed by atoms with Crippen LogP contribution in [0.4, 0.5) is 0 Å². The van der Waals surface area contributed by atoms with E-state index in [0.717, 1.165) is 18.4 Å². The Labute approximate surface area is 96.4 Å². The summed E-state index contributed by atoms with van der Waals surface area (Å²) in [5.41, 5.74) is 0. The van der Waals surface area contributed by atoms with E-state index in [2.05, 4.69) is 27.1 Å². The van der Waals surface area contributed by atoms with Crippen molar-refractivity contribution in [2.75, 3.05) is 0 Å². The van der Waals surface area contributed by atoms with Gasteiger partial charge in [0, 0.05) is 19.0 Å². The van der Waals surface area contributed by atoms with E-state index in [1.54, 1.807) is 0 Å². The van der Waals surface area contributed by atoms with Gasteiger partial charge in [-0.2, -0.15) is 0 Å². The van der Waals surface area contributed by atoms with Gasteiger partial charge in [-0.15, -0.1) is 10.2 Å². The number of rotatable bonds is 4. The van der Waals surface area contributed by atoms with Crippen molar-refractivity contribution >= 4 is 0 Å². The van der Waals surface area contributed by atoms with Crippen LogP contribution in [0.5, 0.6) is 0 Å². The second kappa shape index (κ2) is 4.17. The summed E-state index contributed by atoms with van der Waals surface area (Å²) < 4.78 is 2.20. The maximum Gasteiger partial charge on any atom is 0.146 e. The predicted molar refractivity (Wildman–Crippen MR) is 62.1 cm³/mol. The first-order chi connectivity index (χ1) is 7.84. The summed E-state index contributed by atoms with van der Waals surface area (Å²) >= 11 is 0. The third kappa shape index (κ3) is 1.98. The molecule has 3 rings (SSSR count). The molecule has 0 aromatic carbocycles.